The fourth-order valence-corrected chi connectivity index (χ4v) is 1.62. The van der Waals surface area contributed by atoms with Gasteiger partial charge in [-0.1, -0.05) is 37.3 Å². The number of hydrogen-bond acceptors (Lipinski definition) is 2. The van der Waals surface area contributed by atoms with Gasteiger partial charge in [-0.05, 0) is 18.4 Å². The minimum absolute atomic E-state index is 0.207. The van der Waals surface area contributed by atoms with E-state index in [1.54, 1.807) is 7.11 Å². The number of methoxy groups -OCH3 is 1. The Morgan fingerprint density at radius 1 is 1.27 bits per heavy atom. The molecule has 0 aliphatic rings. The lowest BCUT2D eigenvalue weighted by Crippen LogP contribution is -2.22. The third kappa shape index (κ3) is 4.45. The van der Waals surface area contributed by atoms with Crippen molar-refractivity contribution in [2.45, 2.75) is 25.9 Å². The second-order valence-electron chi connectivity index (χ2n) is 4.02. The second-order valence-corrected chi connectivity index (χ2v) is 4.02. The lowest BCUT2D eigenvalue weighted by Gasteiger charge is -2.17. The van der Waals surface area contributed by atoms with E-state index in [-0.39, 0.29) is 12.0 Å². The predicted octanol–water partition coefficient (Wildman–Crippen LogP) is 2.26. The van der Waals surface area contributed by atoms with Crippen LogP contribution in [0, 0.1) is 5.92 Å². The van der Waals surface area contributed by atoms with Gasteiger partial charge in [-0.3, -0.25) is 0 Å². The summed E-state index contributed by atoms with van der Waals surface area (Å²) in [6.07, 6.45) is 1.45. The van der Waals surface area contributed by atoms with E-state index in [2.05, 4.69) is 12.1 Å². The maximum atomic E-state index is 9.83. The van der Waals surface area contributed by atoms with Gasteiger partial charge in [-0.15, -0.1) is 0 Å². The molecule has 1 aromatic carbocycles. The van der Waals surface area contributed by atoms with Crippen molar-refractivity contribution in [3.05, 3.63) is 35.9 Å². The van der Waals surface area contributed by atoms with Crippen molar-refractivity contribution in [3.63, 3.8) is 0 Å². The Morgan fingerprint density at radius 2 is 1.93 bits per heavy atom. The number of aliphatic hydroxyl groups excluding tert-OH is 1. The second kappa shape index (κ2) is 6.59. The summed E-state index contributed by atoms with van der Waals surface area (Å²) in [6.45, 7) is 2.63. The summed E-state index contributed by atoms with van der Waals surface area (Å²) in [5.74, 6) is 0.207. The molecule has 0 saturated heterocycles. The zero-order valence-corrected chi connectivity index (χ0v) is 9.52. The molecule has 1 N–H and O–H groups in total. The highest BCUT2D eigenvalue weighted by Gasteiger charge is 2.13. The number of benzene rings is 1. The van der Waals surface area contributed by atoms with Crippen molar-refractivity contribution >= 4 is 0 Å². The predicted molar refractivity (Wildman–Crippen MR) is 61.8 cm³/mol. The average Bonchev–Trinajstić information content (AvgIpc) is 2.27. The molecule has 0 bridgehead atoms. The molecule has 0 radical (unpaired) electrons. The van der Waals surface area contributed by atoms with E-state index in [0.29, 0.717) is 6.61 Å². The van der Waals surface area contributed by atoms with Crippen LogP contribution in [0.25, 0.3) is 0 Å². The molecule has 2 unspecified atom stereocenters. The molecule has 1 rings (SSSR count). The first-order valence-corrected chi connectivity index (χ1v) is 5.45. The number of hydrogen-bond donors (Lipinski definition) is 1. The van der Waals surface area contributed by atoms with Gasteiger partial charge < -0.3 is 9.84 Å². The Balaban J connectivity index is 2.31. The lowest BCUT2D eigenvalue weighted by atomic mass is 9.98. The summed E-state index contributed by atoms with van der Waals surface area (Å²) in [7, 11) is 1.67. The van der Waals surface area contributed by atoms with E-state index in [9.17, 15) is 5.11 Å². The van der Waals surface area contributed by atoms with Crippen LogP contribution in [0.4, 0.5) is 0 Å². The van der Waals surface area contributed by atoms with Gasteiger partial charge in [-0.2, -0.15) is 0 Å². The van der Waals surface area contributed by atoms with Crippen LogP contribution in [0.3, 0.4) is 0 Å². The lowest BCUT2D eigenvalue weighted by molar-refractivity contribution is 0.0522. The van der Waals surface area contributed by atoms with Crippen LogP contribution in [-0.2, 0) is 11.2 Å². The number of aliphatic hydroxyl groups is 1. The van der Waals surface area contributed by atoms with Crippen molar-refractivity contribution in [2.75, 3.05) is 13.7 Å². The average molecular weight is 208 g/mol. The largest absolute Gasteiger partial charge is 0.393 e. The number of aryl methyl sites for hydroxylation is 1. The molecule has 0 saturated carbocycles. The summed E-state index contributed by atoms with van der Waals surface area (Å²) < 4.78 is 5.02. The van der Waals surface area contributed by atoms with Crippen LogP contribution in [0.2, 0.25) is 0 Å². The zero-order chi connectivity index (χ0) is 11.1. The Morgan fingerprint density at radius 3 is 2.53 bits per heavy atom. The first kappa shape index (κ1) is 12.2. The van der Waals surface area contributed by atoms with Gasteiger partial charge in [0.25, 0.3) is 0 Å². The molecule has 2 heteroatoms. The number of rotatable bonds is 6. The van der Waals surface area contributed by atoms with Gasteiger partial charge in [0.15, 0.2) is 0 Å². The molecule has 2 atom stereocenters. The van der Waals surface area contributed by atoms with Crippen molar-refractivity contribution in [1.82, 2.24) is 0 Å². The first-order chi connectivity index (χ1) is 7.24. The smallest absolute Gasteiger partial charge is 0.0590 e. The molecule has 0 aliphatic heterocycles. The molecule has 0 fully saturated rings. The maximum Gasteiger partial charge on any atom is 0.0590 e. The fourth-order valence-electron chi connectivity index (χ4n) is 1.62. The monoisotopic (exact) mass is 208 g/mol. The normalized spacial score (nSPS) is 14.9. The third-order valence-corrected chi connectivity index (χ3v) is 2.66. The summed E-state index contributed by atoms with van der Waals surface area (Å²) in [5.41, 5.74) is 1.28. The van der Waals surface area contributed by atoms with E-state index < -0.39 is 0 Å². The molecule has 0 heterocycles. The van der Waals surface area contributed by atoms with E-state index in [1.807, 2.05) is 25.1 Å². The fraction of sp³-hybridized carbons (Fsp3) is 0.538. The highest BCUT2D eigenvalue weighted by molar-refractivity contribution is 5.14. The standard InChI is InChI=1S/C13H20O2/c1-11(10-15-2)13(14)9-8-12-6-4-3-5-7-12/h3-7,11,13-14H,8-10H2,1-2H3. The van der Waals surface area contributed by atoms with Crippen molar-refractivity contribution < 1.29 is 9.84 Å². The van der Waals surface area contributed by atoms with Gasteiger partial charge in [-0.25, -0.2) is 0 Å². The van der Waals surface area contributed by atoms with E-state index >= 15 is 0 Å². The Kier molecular flexibility index (Phi) is 5.37. The van der Waals surface area contributed by atoms with Crippen molar-refractivity contribution in [3.8, 4) is 0 Å². The van der Waals surface area contributed by atoms with Crippen LogP contribution in [0.15, 0.2) is 30.3 Å². The minimum Gasteiger partial charge on any atom is -0.393 e. The third-order valence-electron chi connectivity index (χ3n) is 2.66. The van der Waals surface area contributed by atoms with Crippen LogP contribution < -0.4 is 0 Å². The highest BCUT2D eigenvalue weighted by Crippen LogP contribution is 2.11. The van der Waals surface area contributed by atoms with Gasteiger partial charge in [0.1, 0.15) is 0 Å². The van der Waals surface area contributed by atoms with Gasteiger partial charge in [0, 0.05) is 13.0 Å². The Bertz CT molecular complexity index is 258. The van der Waals surface area contributed by atoms with Crippen LogP contribution in [-0.4, -0.2) is 24.9 Å². The highest BCUT2D eigenvalue weighted by atomic mass is 16.5. The summed E-state index contributed by atoms with van der Waals surface area (Å²) in [5, 5.41) is 9.83. The number of ether oxygens (including phenoxy) is 1. The van der Waals surface area contributed by atoms with Gasteiger partial charge in [0.05, 0.1) is 12.7 Å². The summed E-state index contributed by atoms with van der Waals surface area (Å²) >= 11 is 0. The van der Waals surface area contributed by atoms with Crippen LogP contribution in [0.5, 0.6) is 0 Å². The molecule has 0 aromatic heterocycles. The Labute approximate surface area is 91.9 Å². The van der Waals surface area contributed by atoms with E-state index in [1.165, 1.54) is 5.56 Å². The van der Waals surface area contributed by atoms with Crippen molar-refractivity contribution in [2.24, 2.45) is 5.92 Å². The van der Waals surface area contributed by atoms with E-state index in [4.69, 9.17) is 4.74 Å². The first-order valence-electron chi connectivity index (χ1n) is 5.45. The molecule has 15 heavy (non-hydrogen) atoms. The van der Waals surface area contributed by atoms with Crippen LogP contribution >= 0.6 is 0 Å². The molecule has 0 amide bonds. The van der Waals surface area contributed by atoms with E-state index in [0.717, 1.165) is 12.8 Å². The Hall–Kier alpha value is -0.860. The SMILES string of the molecule is COCC(C)C(O)CCc1ccccc1. The molecule has 2 nitrogen and oxygen atoms in total. The zero-order valence-electron chi connectivity index (χ0n) is 9.52. The molecule has 0 aliphatic carbocycles. The summed E-state index contributed by atoms with van der Waals surface area (Å²) in [6, 6.07) is 10.2. The topological polar surface area (TPSA) is 29.5 Å². The minimum atomic E-state index is -0.273. The molecular weight excluding hydrogens is 188 g/mol. The molecule has 0 spiro atoms. The van der Waals surface area contributed by atoms with Crippen LogP contribution in [0.1, 0.15) is 18.9 Å². The van der Waals surface area contributed by atoms with Crippen molar-refractivity contribution in [1.29, 1.82) is 0 Å². The maximum absolute atomic E-state index is 9.83. The molecular formula is C13H20O2. The van der Waals surface area contributed by atoms with Gasteiger partial charge >= 0.3 is 0 Å². The summed E-state index contributed by atoms with van der Waals surface area (Å²) in [4.78, 5) is 0. The molecule has 1 aromatic rings. The quantitative estimate of drug-likeness (QED) is 0.777. The molecule has 84 valence electrons. The van der Waals surface area contributed by atoms with Gasteiger partial charge in [0.2, 0.25) is 0 Å².